The summed E-state index contributed by atoms with van der Waals surface area (Å²) >= 11 is 0. The summed E-state index contributed by atoms with van der Waals surface area (Å²) in [5, 5.41) is 4.01. The number of fused-ring (bicyclic) bond motifs is 14. The Hall–Kier alpha value is -14.2. The first-order valence-electron chi connectivity index (χ1n) is 36.5. The van der Waals surface area contributed by atoms with E-state index in [4.69, 9.17) is 4.42 Å². The summed E-state index contributed by atoms with van der Waals surface area (Å²) < 4.78 is 15.0. The number of hydrogen-bond donors (Lipinski definition) is 0. The topological polar surface area (TPSA) is 106 Å². The molecule has 510 valence electrons. The lowest BCUT2D eigenvalue weighted by Crippen LogP contribution is -2.40. The van der Waals surface area contributed by atoms with Gasteiger partial charge in [-0.1, -0.05) is 250 Å². The van der Waals surface area contributed by atoms with Crippen LogP contribution in [0.4, 0.5) is 0 Å². The zero-order valence-corrected chi connectivity index (χ0v) is 58.7. The van der Waals surface area contributed by atoms with E-state index in [1.165, 1.54) is 26.8 Å². The molecule has 0 bridgehead atoms. The predicted octanol–water partition coefficient (Wildman–Crippen LogP) is 21.7. The van der Waals surface area contributed by atoms with E-state index in [0.29, 0.717) is 44.8 Å². The molecule has 0 spiro atoms. The highest BCUT2D eigenvalue weighted by molar-refractivity contribution is 6.12. The van der Waals surface area contributed by atoms with Crippen molar-refractivity contribution in [2.75, 3.05) is 0 Å². The van der Waals surface area contributed by atoms with Crippen molar-refractivity contribution < 1.29 is 4.42 Å². The fourth-order valence-corrected chi connectivity index (χ4v) is 17.6. The smallest absolute Gasteiger partial charge is 0.321 e. The summed E-state index contributed by atoms with van der Waals surface area (Å²) in [5.41, 5.74) is 24.5. The lowest BCUT2D eigenvalue weighted by atomic mass is 9.82. The number of nitrogens with zero attached hydrogens (tertiary/aromatic N) is 5. The van der Waals surface area contributed by atoms with E-state index in [-0.39, 0.29) is 11.3 Å². The van der Waals surface area contributed by atoms with E-state index in [0.717, 1.165) is 122 Å². The summed E-state index contributed by atoms with van der Waals surface area (Å²) in [6, 6.07) is 115. The molecule has 10 heteroatoms. The van der Waals surface area contributed by atoms with Crippen molar-refractivity contribution in [1.82, 2.24) is 22.8 Å². The van der Waals surface area contributed by atoms with Gasteiger partial charge in [0.05, 0.1) is 44.5 Å². The molecule has 4 heterocycles. The van der Waals surface area contributed by atoms with Crippen molar-refractivity contribution in [2.24, 2.45) is 0 Å². The average Bonchev–Trinajstić information content (AvgIpc) is 1.32. The maximum Gasteiger partial charge on any atom is 0.321 e. The van der Waals surface area contributed by atoms with Crippen LogP contribution in [0.2, 0.25) is 0 Å². The Morgan fingerprint density at radius 3 is 1.44 bits per heavy atom. The van der Waals surface area contributed by atoms with Crippen LogP contribution in [-0.2, 0) is 5.41 Å². The molecule has 2 aliphatic rings. The Morgan fingerprint density at radius 2 is 0.722 bits per heavy atom. The molecule has 15 aromatic carbocycles. The van der Waals surface area contributed by atoms with Crippen LogP contribution in [-0.4, -0.2) is 22.8 Å². The van der Waals surface area contributed by atoms with Crippen LogP contribution >= 0.6 is 0 Å². The van der Waals surface area contributed by atoms with E-state index >= 15 is 9.59 Å². The molecule has 0 saturated carbocycles. The van der Waals surface area contributed by atoms with Crippen LogP contribution in [0.3, 0.4) is 0 Å². The Balaban J connectivity index is 0.650. The molecule has 0 aliphatic heterocycles. The molecular formula is C98H63N5O5. The van der Waals surface area contributed by atoms with Gasteiger partial charge in [-0.25, -0.2) is 0 Å². The summed E-state index contributed by atoms with van der Waals surface area (Å²) in [6.45, 7) is 4.41. The lowest BCUT2D eigenvalue weighted by molar-refractivity contribution is 0.659. The fourth-order valence-electron chi connectivity index (χ4n) is 17.6. The van der Waals surface area contributed by atoms with E-state index in [1.54, 1.807) is 13.7 Å². The highest BCUT2D eigenvalue weighted by Gasteiger charge is 2.36. The zero-order chi connectivity index (χ0) is 72.2. The fraction of sp³-hybridized carbons (Fsp3) is 0.0408. The van der Waals surface area contributed by atoms with Gasteiger partial charge in [-0.3, -0.25) is 37.4 Å². The second-order valence-corrected chi connectivity index (χ2v) is 28.9. The number of hydrogen-bond acceptors (Lipinski definition) is 5. The number of rotatable bonds is 10. The molecule has 1 unspecified atom stereocenters. The Kier molecular flexibility index (Phi) is 13.8. The number of benzene rings is 15. The third-order valence-electron chi connectivity index (χ3n) is 22.8. The van der Waals surface area contributed by atoms with E-state index in [9.17, 15) is 9.59 Å². The highest BCUT2D eigenvalue weighted by atomic mass is 16.3. The zero-order valence-electron chi connectivity index (χ0n) is 58.7. The Morgan fingerprint density at radius 1 is 0.259 bits per heavy atom. The average molecular weight is 1390 g/mol. The molecule has 0 N–H and O–H groups in total. The maximum atomic E-state index is 15.7. The van der Waals surface area contributed by atoms with Gasteiger partial charge in [0.25, 0.3) is 0 Å². The Bertz CT molecular complexity index is 7280. The van der Waals surface area contributed by atoms with Crippen LogP contribution in [0, 0.1) is 0 Å². The van der Waals surface area contributed by atoms with Gasteiger partial charge in [-0.2, -0.15) is 0 Å². The summed E-state index contributed by atoms with van der Waals surface area (Å²) in [7, 11) is 0. The predicted molar refractivity (Wildman–Crippen MR) is 438 cm³/mol. The monoisotopic (exact) mass is 1390 g/mol. The largest absolute Gasteiger partial charge is 0.455 e. The first-order valence-corrected chi connectivity index (χ1v) is 36.5. The molecule has 0 fully saturated rings. The summed E-state index contributed by atoms with van der Waals surface area (Å²) in [4.78, 5) is 60.1. The van der Waals surface area contributed by atoms with Gasteiger partial charge in [0, 0.05) is 55.5 Å². The van der Waals surface area contributed by atoms with Crippen molar-refractivity contribution >= 4 is 65.8 Å². The highest BCUT2D eigenvalue weighted by Crippen LogP contribution is 2.51. The molecule has 0 amide bonds. The van der Waals surface area contributed by atoms with Crippen LogP contribution in [0.5, 0.6) is 0 Å². The van der Waals surface area contributed by atoms with Crippen molar-refractivity contribution in [3.8, 4) is 95.2 Å². The van der Waals surface area contributed by atoms with Crippen LogP contribution < -0.4 is 22.2 Å². The molecule has 1 atom stereocenters. The molecule has 21 rings (SSSR count). The van der Waals surface area contributed by atoms with Gasteiger partial charge >= 0.3 is 22.2 Å². The summed E-state index contributed by atoms with van der Waals surface area (Å²) in [5.74, 6) is 0.00752. The van der Waals surface area contributed by atoms with E-state index < -0.39 is 22.2 Å². The molecular weight excluding hydrogens is 1330 g/mol. The van der Waals surface area contributed by atoms with Crippen molar-refractivity contribution in [3.05, 3.63) is 409 Å². The Labute approximate surface area is 618 Å². The standard InChI is InChI=1S/C98H63N5O5/c1-98(2)83-28-13-11-23-74(83)75-50-46-71(58-84(75)98)102-87-30-15-14-29-86(87)100(94(104)95(102)105)68-44-40-60(41-45-68)59-32-34-61(35-33-59)65-42-49-76-82-57-70(48-53-85(82)99(89(76)54-65)67-20-7-4-8-21-67)103-90-55-66(62-36-38-63(39-37-62)72-26-17-27-80-77-24-12-16-31-91(77)108-93(72)80)43-52-88(90)101(96(106)97(103)107)69-47-51-79-81(56-69)73-22-9-10-25-78(73)92(79)64-18-5-3-6-19-64/h3-58,92H,1-2H3. The normalized spacial score (nSPS) is 13.4. The van der Waals surface area contributed by atoms with Gasteiger partial charge in [-0.15, -0.1) is 0 Å². The maximum absolute atomic E-state index is 15.7. The molecule has 0 radical (unpaired) electrons. The van der Waals surface area contributed by atoms with Gasteiger partial charge in [0.1, 0.15) is 11.2 Å². The summed E-state index contributed by atoms with van der Waals surface area (Å²) in [6.07, 6.45) is 0. The minimum absolute atomic E-state index is 0.00752. The molecule has 4 aromatic heterocycles. The molecule has 10 nitrogen and oxygen atoms in total. The molecule has 0 saturated heterocycles. The van der Waals surface area contributed by atoms with Gasteiger partial charge in [0.2, 0.25) is 0 Å². The molecule has 108 heavy (non-hydrogen) atoms. The first-order chi connectivity index (χ1) is 53.0. The van der Waals surface area contributed by atoms with Crippen LogP contribution in [0.1, 0.15) is 47.6 Å². The molecule has 2 aliphatic carbocycles. The minimum Gasteiger partial charge on any atom is -0.455 e. The third kappa shape index (κ3) is 9.46. The van der Waals surface area contributed by atoms with Gasteiger partial charge < -0.3 is 8.98 Å². The van der Waals surface area contributed by atoms with Crippen molar-refractivity contribution in [1.29, 1.82) is 0 Å². The van der Waals surface area contributed by atoms with Gasteiger partial charge in [-0.05, 0) is 192 Å². The first kappa shape index (κ1) is 62.4. The second-order valence-electron chi connectivity index (χ2n) is 28.9. The lowest BCUT2D eigenvalue weighted by Gasteiger charge is -2.22. The van der Waals surface area contributed by atoms with Gasteiger partial charge in [0.15, 0.2) is 0 Å². The van der Waals surface area contributed by atoms with Crippen LogP contribution in [0.25, 0.3) is 161 Å². The molecule has 19 aromatic rings. The van der Waals surface area contributed by atoms with E-state index in [1.807, 2.05) is 127 Å². The minimum atomic E-state index is -0.682. The third-order valence-corrected chi connectivity index (χ3v) is 22.8. The number of furan rings is 1. The number of para-hydroxylation sites is 5. The number of aromatic nitrogens is 5. The van der Waals surface area contributed by atoms with Crippen molar-refractivity contribution in [3.63, 3.8) is 0 Å². The van der Waals surface area contributed by atoms with Crippen molar-refractivity contribution in [2.45, 2.75) is 25.2 Å². The quantitative estimate of drug-likeness (QED) is 0.127. The van der Waals surface area contributed by atoms with E-state index in [2.05, 4.69) is 231 Å². The van der Waals surface area contributed by atoms with Crippen LogP contribution in [0.15, 0.2) is 363 Å². The SMILES string of the molecule is CC1(C)c2ccccc2-c2ccc(-n3c(=O)c(=O)n(-c4ccc(-c5ccc(-c6ccc7c8cc(-n9c(=O)c(=O)n(-c%10ccc%11c(c%10)-c%10ccccc%10C%11c%10ccccc%10)c%10ccc(-c%11ccc(-c%12cccc%13c%12oc%12ccccc%12%13)cc%11)cc%109)ccc8n(-c8ccccc8)c7c6)cc5)cc4)c4ccccc43)cc21. The second kappa shape index (κ2) is 23.9.